The summed E-state index contributed by atoms with van der Waals surface area (Å²) in [5.74, 6) is 1.97. The summed E-state index contributed by atoms with van der Waals surface area (Å²) in [5, 5.41) is 9.21. The van der Waals surface area contributed by atoms with E-state index in [2.05, 4.69) is 20.2 Å². The zero-order valence-corrected chi connectivity index (χ0v) is 14.7. The number of aryl methyl sites for hydroxylation is 1. The van der Waals surface area contributed by atoms with E-state index in [-0.39, 0.29) is 5.89 Å². The third-order valence-corrected chi connectivity index (χ3v) is 4.95. The van der Waals surface area contributed by atoms with Crippen LogP contribution in [0, 0.1) is 0 Å². The highest BCUT2D eigenvalue weighted by molar-refractivity contribution is 6.32. The highest BCUT2D eigenvalue weighted by Crippen LogP contribution is 2.35. The molecule has 130 valence electrons. The van der Waals surface area contributed by atoms with Gasteiger partial charge in [-0.05, 0) is 25.0 Å². The van der Waals surface area contributed by atoms with Gasteiger partial charge in [-0.15, -0.1) is 5.10 Å². The number of nitrogens with two attached hydrogens (primary N) is 1. The molecule has 0 radical (unpaired) electrons. The second-order valence-electron chi connectivity index (χ2n) is 6.35. The molecule has 4 rings (SSSR count). The summed E-state index contributed by atoms with van der Waals surface area (Å²) < 4.78 is 7.11. The fraction of sp³-hybridized carbons (Fsp3) is 0.412. The Labute approximate surface area is 150 Å². The van der Waals surface area contributed by atoms with Crippen molar-refractivity contribution in [2.24, 2.45) is 5.73 Å². The normalized spacial score (nSPS) is 16.4. The molecule has 2 N–H and O–H groups in total. The fourth-order valence-electron chi connectivity index (χ4n) is 3.23. The van der Waals surface area contributed by atoms with E-state index < -0.39 is 5.54 Å². The van der Waals surface area contributed by atoms with Gasteiger partial charge in [-0.1, -0.05) is 48.7 Å². The zero-order chi connectivity index (χ0) is 17.4. The van der Waals surface area contributed by atoms with Crippen molar-refractivity contribution >= 4 is 11.6 Å². The van der Waals surface area contributed by atoms with Gasteiger partial charge in [-0.3, -0.25) is 0 Å². The van der Waals surface area contributed by atoms with E-state index in [1.54, 1.807) is 4.68 Å². The molecule has 0 saturated heterocycles. The second-order valence-corrected chi connectivity index (χ2v) is 6.76. The van der Waals surface area contributed by atoms with Gasteiger partial charge < -0.3 is 10.3 Å². The Morgan fingerprint density at radius 2 is 2.00 bits per heavy atom. The fourth-order valence-corrected chi connectivity index (χ4v) is 3.44. The zero-order valence-electron chi connectivity index (χ0n) is 13.9. The molecular formula is C17H19ClN6O. The van der Waals surface area contributed by atoms with Crippen LogP contribution in [0.5, 0.6) is 0 Å². The first-order chi connectivity index (χ1) is 12.1. The summed E-state index contributed by atoms with van der Waals surface area (Å²) >= 11 is 6.29. The van der Waals surface area contributed by atoms with Crippen molar-refractivity contribution in [1.82, 2.24) is 24.9 Å². The minimum Gasteiger partial charge on any atom is -0.330 e. The van der Waals surface area contributed by atoms with Crippen LogP contribution in [-0.4, -0.2) is 24.9 Å². The van der Waals surface area contributed by atoms with Gasteiger partial charge in [0.2, 0.25) is 5.82 Å². The maximum absolute atomic E-state index is 6.40. The Bertz CT molecular complexity index is 896. The van der Waals surface area contributed by atoms with Crippen molar-refractivity contribution in [3.8, 4) is 17.4 Å². The number of rotatable bonds is 4. The first-order valence-corrected chi connectivity index (χ1v) is 8.83. The number of hydrogen-bond donors (Lipinski definition) is 1. The highest BCUT2D eigenvalue weighted by atomic mass is 35.5. The van der Waals surface area contributed by atoms with E-state index >= 15 is 0 Å². The van der Waals surface area contributed by atoms with Crippen LogP contribution in [0.4, 0.5) is 0 Å². The number of nitrogens with zero attached hydrogens (tertiary/aromatic N) is 5. The summed E-state index contributed by atoms with van der Waals surface area (Å²) in [5.41, 5.74) is 6.67. The second kappa shape index (κ2) is 6.24. The average Bonchev–Trinajstić information content (AvgIpc) is 3.34. The minimum absolute atomic E-state index is 0.284. The van der Waals surface area contributed by atoms with Crippen LogP contribution in [0.3, 0.4) is 0 Å². The molecule has 8 heteroatoms. The standard InChI is InChI=1S/C17H19ClN6O/c1-2-13-20-14(22-24(13)12-8-4-3-7-11(12)18)15-21-16(23-25-15)17(19)9-5-6-10-17/h3-4,7-8H,2,5-6,9-10,19H2,1H3. The Morgan fingerprint density at radius 1 is 1.24 bits per heavy atom. The third kappa shape index (κ3) is 2.83. The maximum Gasteiger partial charge on any atom is 0.297 e. The van der Waals surface area contributed by atoms with Crippen LogP contribution in [0.15, 0.2) is 28.8 Å². The van der Waals surface area contributed by atoms with Crippen molar-refractivity contribution in [2.75, 3.05) is 0 Å². The molecule has 1 fully saturated rings. The topological polar surface area (TPSA) is 95.7 Å². The summed E-state index contributed by atoms with van der Waals surface area (Å²) in [7, 11) is 0. The van der Waals surface area contributed by atoms with E-state index in [1.165, 1.54) is 0 Å². The molecule has 3 aromatic rings. The lowest BCUT2D eigenvalue weighted by Crippen LogP contribution is -2.34. The molecule has 1 aliphatic rings. The quantitative estimate of drug-likeness (QED) is 0.769. The number of benzene rings is 1. The van der Waals surface area contributed by atoms with Gasteiger partial charge in [0, 0.05) is 6.42 Å². The predicted molar refractivity (Wildman–Crippen MR) is 93.4 cm³/mol. The molecule has 1 saturated carbocycles. The van der Waals surface area contributed by atoms with Crippen molar-refractivity contribution in [3.05, 3.63) is 40.9 Å². The van der Waals surface area contributed by atoms with Gasteiger partial charge in [-0.2, -0.15) is 4.98 Å². The summed E-state index contributed by atoms with van der Waals surface area (Å²) in [6, 6.07) is 7.50. The Balaban J connectivity index is 1.73. The van der Waals surface area contributed by atoms with Crippen LogP contribution in [0.1, 0.15) is 44.3 Å². The van der Waals surface area contributed by atoms with Gasteiger partial charge in [0.1, 0.15) is 5.82 Å². The SMILES string of the molecule is CCc1nc(-c2nc(C3(N)CCCC3)no2)nn1-c1ccccc1Cl. The average molecular weight is 359 g/mol. The lowest BCUT2D eigenvalue weighted by molar-refractivity contribution is 0.372. The Morgan fingerprint density at radius 3 is 2.72 bits per heavy atom. The first kappa shape index (κ1) is 16.2. The molecule has 0 bridgehead atoms. The lowest BCUT2D eigenvalue weighted by Gasteiger charge is -2.17. The van der Waals surface area contributed by atoms with Gasteiger partial charge in [0.15, 0.2) is 5.82 Å². The molecule has 1 aliphatic carbocycles. The molecule has 0 unspecified atom stereocenters. The largest absolute Gasteiger partial charge is 0.330 e. The molecule has 0 aliphatic heterocycles. The van der Waals surface area contributed by atoms with E-state index in [4.69, 9.17) is 21.9 Å². The Kier molecular flexibility index (Phi) is 4.05. The van der Waals surface area contributed by atoms with Gasteiger partial charge >= 0.3 is 0 Å². The van der Waals surface area contributed by atoms with E-state index in [9.17, 15) is 0 Å². The van der Waals surface area contributed by atoms with Crippen LogP contribution in [-0.2, 0) is 12.0 Å². The molecule has 1 aromatic carbocycles. The smallest absolute Gasteiger partial charge is 0.297 e. The molecule has 2 aromatic heterocycles. The summed E-state index contributed by atoms with van der Waals surface area (Å²) in [6.07, 6.45) is 4.60. The van der Waals surface area contributed by atoms with Crippen LogP contribution in [0.25, 0.3) is 17.4 Å². The number of para-hydroxylation sites is 1. The molecule has 7 nitrogen and oxygen atoms in total. The number of halogens is 1. The van der Waals surface area contributed by atoms with Crippen LogP contribution in [0.2, 0.25) is 5.02 Å². The van der Waals surface area contributed by atoms with E-state index in [0.717, 1.165) is 37.2 Å². The molecule has 0 amide bonds. The van der Waals surface area contributed by atoms with Crippen molar-refractivity contribution < 1.29 is 4.52 Å². The number of aromatic nitrogens is 5. The van der Waals surface area contributed by atoms with Gasteiger partial charge in [0.25, 0.3) is 5.89 Å². The van der Waals surface area contributed by atoms with Crippen LogP contribution < -0.4 is 5.73 Å². The van der Waals surface area contributed by atoms with Crippen molar-refractivity contribution in [3.63, 3.8) is 0 Å². The Hall–Kier alpha value is -2.25. The maximum atomic E-state index is 6.40. The van der Waals surface area contributed by atoms with E-state index in [0.29, 0.717) is 23.1 Å². The summed E-state index contributed by atoms with van der Waals surface area (Å²) in [6.45, 7) is 2.01. The minimum atomic E-state index is -0.499. The monoisotopic (exact) mass is 358 g/mol. The molecule has 0 spiro atoms. The van der Waals surface area contributed by atoms with E-state index in [1.807, 2.05) is 31.2 Å². The predicted octanol–water partition coefficient (Wildman–Crippen LogP) is 3.26. The summed E-state index contributed by atoms with van der Waals surface area (Å²) in [4.78, 5) is 9.00. The van der Waals surface area contributed by atoms with Gasteiger partial charge in [-0.25, -0.2) is 9.67 Å². The number of hydrogen-bond acceptors (Lipinski definition) is 6. The molecule has 2 heterocycles. The first-order valence-electron chi connectivity index (χ1n) is 8.45. The van der Waals surface area contributed by atoms with Crippen LogP contribution >= 0.6 is 11.6 Å². The molecule has 25 heavy (non-hydrogen) atoms. The van der Waals surface area contributed by atoms with Gasteiger partial charge in [0.05, 0.1) is 16.2 Å². The third-order valence-electron chi connectivity index (χ3n) is 4.63. The lowest BCUT2D eigenvalue weighted by atomic mass is 9.99. The van der Waals surface area contributed by atoms with Crippen molar-refractivity contribution in [2.45, 2.75) is 44.6 Å². The molecule has 0 atom stereocenters. The van der Waals surface area contributed by atoms with Crippen molar-refractivity contribution in [1.29, 1.82) is 0 Å². The highest BCUT2D eigenvalue weighted by Gasteiger charge is 2.36. The molecular weight excluding hydrogens is 340 g/mol.